The summed E-state index contributed by atoms with van der Waals surface area (Å²) in [5.74, 6) is -0.0332. The molecule has 0 heterocycles. The highest BCUT2D eigenvalue weighted by Crippen LogP contribution is 2.12. The Labute approximate surface area is 107 Å². The predicted molar refractivity (Wildman–Crippen MR) is 74.3 cm³/mol. The zero-order chi connectivity index (χ0) is 12.8. The lowest BCUT2D eigenvalue weighted by molar-refractivity contribution is 0.0952. The zero-order valence-corrected chi connectivity index (χ0v) is 11.1. The Kier molecular flexibility index (Phi) is 5.10. The summed E-state index contributed by atoms with van der Waals surface area (Å²) in [6.07, 6.45) is 1.45. The van der Waals surface area contributed by atoms with Gasteiger partial charge in [0.25, 0.3) is 5.91 Å². The van der Waals surface area contributed by atoms with Crippen molar-refractivity contribution in [3.05, 3.63) is 34.9 Å². The summed E-state index contributed by atoms with van der Waals surface area (Å²) in [7, 11) is 0. The van der Waals surface area contributed by atoms with Gasteiger partial charge in [-0.15, -0.1) is 0 Å². The van der Waals surface area contributed by atoms with Gasteiger partial charge in [0.05, 0.1) is 4.99 Å². The van der Waals surface area contributed by atoms with E-state index in [9.17, 15) is 4.79 Å². The minimum Gasteiger partial charge on any atom is -0.393 e. The van der Waals surface area contributed by atoms with E-state index < -0.39 is 0 Å². The van der Waals surface area contributed by atoms with Crippen LogP contribution >= 0.6 is 12.2 Å². The molecule has 4 heteroatoms. The van der Waals surface area contributed by atoms with Crippen molar-refractivity contribution in [3.8, 4) is 0 Å². The second kappa shape index (κ2) is 6.35. The van der Waals surface area contributed by atoms with Gasteiger partial charge in [-0.2, -0.15) is 0 Å². The fourth-order valence-electron chi connectivity index (χ4n) is 1.56. The fourth-order valence-corrected chi connectivity index (χ4v) is 1.70. The molecule has 3 N–H and O–H groups in total. The molecular formula is C13H18N2OS. The molecule has 0 saturated heterocycles. The van der Waals surface area contributed by atoms with Crippen LogP contribution in [-0.2, 0) is 0 Å². The molecule has 0 atom stereocenters. The van der Waals surface area contributed by atoms with Crippen molar-refractivity contribution in [1.29, 1.82) is 0 Å². The van der Waals surface area contributed by atoms with Crippen molar-refractivity contribution in [2.24, 2.45) is 5.73 Å². The Morgan fingerprint density at radius 3 is 2.76 bits per heavy atom. The van der Waals surface area contributed by atoms with Gasteiger partial charge in [-0.1, -0.05) is 24.4 Å². The second-order valence-corrected chi connectivity index (χ2v) is 4.60. The van der Waals surface area contributed by atoms with Gasteiger partial charge in [-0.25, -0.2) is 0 Å². The highest BCUT2D eigenvalue weighted by atomic mass is 32.1. The molecule has 0 saturated carbocycles. The highest BCUT2D eigenvalue weighted by Gasteiger charge is 2.08. The van der Waals surface area contributed by atoms with Gasteiger partial charge in [-0.3, -0.25) is 4.79 Å². The third-order valence-electron chi connectivity index (χ3n) is 2.73. The van der Waals surface area contributed by atoms with E-state index >= 15 is 0 Å². The van der Waals surface area contributed by atoms with Crippen LogP contribution in [0.1, 0.15) is 34.3 Å². The molecule has 0 fully saturated rings. The molecule has 3 nitrogen and oxygen atoms in total. The summed E-state index contributed by atoms with van der Waals surface area (Å²) in [6, 6.07) is 5.73. The number of nitrogens with one attached hydrogen (secondary N) is 1. The Morgan fingerprint density at radius 2 is 2.12 bits per heavy atom. The van der Waals surface area contributed by atoms with Crippen LogP contribution < -0.4 is 11.1 Å². The van der Waals surface area contributed by atoms with E-state index in [1.54, 1.807) is 0 Å². The smallest absolute Gasteiger partial charge is 0.251 e. The van der Waals surface area contributed by atoms with E-state index in [1.807, 2.05) is 32.0 Å². The number of rotatable bonds is 5. The van der Waals surface area contributed by atoms with Crippen LogP contribution in [0.25, 0.3) is 0 Å². The topological polar surface area (TPSA) is 55.1 Å². The predicted octanol–water partition coefficient (Wildman–Crippen LogP) is 2.10. The van der Waals surface area contributed by atoms with Crippen LogP contribution in [0.15, 0.2) is 18.2 Å². The summed E-state index contributed by atoms with van der Waals surface area (Å²) >= 11 is 4.77. The third-order valence-corrected chi connectivity index (χ3v) is 2.94. The molecule has 0 aromatic heterocycles. The average molecular weight is 250 g/mol. The maximum Gasteiger partial charge on any atom is 0.251 e. The van der Waals surface area contributed by atoms with Crippen molar-refractivity contribution in [3.63, 3.8) is 0 Å². The lowest BCUT2D eigenvalue weighted by atomic mass is 10.0. The Morgan fingerprint density at radius 1 is 1.41 bits per heavy atom. The summed E-state index contributed by atoms with van der Waals surface area (Å²) in [4.78, 5) is 12.4. The second-order valence-electron chi connectivity index (χ2n) is 4.07. The summed E-state index contributed by atoms with van der Waals surface area (Å²) in [5.41, 5.74) is 8.27. The van der Waals surface area contributed by atoms with E-state index in [0.29, 0.717) is 18.0 Å². The van der Waals surface area contributed by atoms with Crippen LogP contribution in [0.3, 0.4) is 0 Å². The maximum absolute atomic E-state index is 11.9. The van der Waals surface area contributed by atoms with Crippen molar-refractivity contribution in [1.82, 2.24) is 5.32 Å². The van der Waals surface area contributed by atoms with E-state index in [1.165, 1.54) is 0 Å². The Hall–Kier alpha value is -1.42. The molecule has 0 radical (unpaired) electrons. The van der Waals surface area contributed by atoms with Gasteiger partial charge in [0.2, 0.25) is 0 Å². The zero-order valence-electron chi connectivity index (χ0n) is 10.2. The number of aryl methyl sites for hydroxylation is 1. The van der Waals surface area contributed by atoms with Gasteiger partial charge in [0, 0.05) is 12.1 Å². The van der Waals surface area contributed by atoms with Crippen molar-refractivity contribution in [2.45, 2.75) is 26.7 Å². The van der Waals surface area contributed by atoms with Crippen molar-refractivity contribution < 1.29 is 4.79 Å². The van der Waals surface area contributed by atoms with Crippen LogP contribution in [0.4, 0.5) is 0 Å². The lowest BCUT2D eigenvalue weighted by Crippen LogP contribution is -2.26. The number of nitrogens with two attached hydrogens (primary N) is 1. The molecule has 0 spiro atoms. The number of amides is 1. The van der Waals surface area contributed by atoms with Gasteiger partial charge in [0.1, 0.15) is 0 Å². The van der Waals surface area contributed by atoms with Crippen molar-refractivity contribution >= 4 is 23.1 Å². The quantitative estimate of drug-likeness (QED) is 0.621. The monoisotopic (exact) mass is 250 g/mol. The number of benzene rings is 1. The highest BCUT2D eigenvalue weighted by molar-refractivity contribution is 7.80. The van der Waals surface area contributed by atoms with Crippen molar-refractivity contribution in [2.75, 3.05) is 6.54 Å². The lowest BCUT2D eigenvalue weighted by Gasteiger charge is -2.09. The molecule has 92 valence electrons. The molecule has 1 amide bonds. The first kappa shape index (κ1) is 13.6. The Balaban J connectivity index is 2.53. The maximum atomic E-state index is 11.9. The number of thiocarbonyl (C=S) groups is 1. The average Bonchev–Trinajstić information content (AvgIpc) is 2.27. The molecule has 0 aliphatic heterocycles. The first-order chi connectivity index (χ1) is 8.02. The van der Waals surface area contributed by atoms with E-state index in [0.717, 1.165) is 23.1 Å². The third kappa shape index (κ3) is 4.15. The summed E-state index contributed by atoms with van der Waals surface area (Å²) in [6.45, 7) is 4.56. The summed E-state index contributed by atoms with van der Waals surface area (Å²) < 4.78 is 0. The van der Waals surface area contributed by atoms with Crippen LogP contribution in [0.2, 0.25) is 0 Å². The van der Waals surface area contributed by atoms with Crippen LogP contribution in [0, 0.1) is 13.8 Å². The number of carbonyl (C=O) groups is 1. The molecule has 0 aliphatic rings. The SMILES string of the molecule is Cc1cccc(C(=O)NCCCC(N)=S)c1C. The molecule has 17 heavy (non-hydrogen) atoms. The van der Waals surface area contributed by atoms with Crippen LogP contribution in [-0.4, -0.2) is 17.4 Å². The molecule has 1 aromatic rings. The minimum atomic E-state index is -0.0332. The standard InChI is InChI=1S/C13H18N2OS/c1-9-5-3-6-11(10(9)2)13(16)15-8-4-7-12(14)17/h3,5-6H,4,7-8H2,1-2H3,(H2,14,17)(H,15,16). The first-order valence-corrected chi connectivity index (χ1v) is 6.06. The van der Waals surface area contributed by atoms with Gasteiger partial charge in [0.15, 0.2) is 0 Å². The first-order valence-electron chi connectivity index (χ1n) is 5.65. The van der Waals surface area contributed by atoms with Crippen LogP contribution in [0.5, 0.6) is 0 Å². The van der Waals surface area contributed by atoms with E-state index in [4.69, 9.17) is 18.0 Å². The molecule has 0 unspecified atom stereocenters. The van der Waals surface area contributed by atoms with E-state index in [-0.39, 0.29) is 5.91 Å². The normalized spacial score (nSPS) is 10.0. The minimum absolute atomic E-state index is 0.0332. The van der Waals surface area contributed by atoms with E-state index in [2.05, 4.69) is 5.32 Å². The largest absolute Gasteiger partial charge is 0.393 e. The molecule has 1 aromatic carbocycles. The van der Waals surface area contributed by atoms with Gasteiger partial charge >= 0.3 is 0 Å². The molecule has 1 rings (SSSR count). The Bertz CT molecular complexity index is 429. The number of hydrogen-bond donors (Lipinski definition) is 2. The number of carbonyl (C=O) groups excluding carboxylic acids is 1. The molecule has 0 aliphatic carbocycles. The molecular weight excluding hydrogens is 232 g/mol. The molecule has 0 bridgehead atoms. The fraction of sp³-hybridized carbons (Fsp3) is 0.385. The van der Waals surface area contributed by atoms with Gasteiger partial charge in [-0.05, 0) is 43.9 Å². The summed E-state index contributed by atoms with van der Waals surface area (Å²) in [5, 5.41) is 2.87. The van der Waals surface area contributed by atoms with Gasteiger partial charge < -0.3 is 11.1 Å². The number of hydrogen-bond acceptors (Lipinski definition) is 2.